The number of sulfonamides is 1. The second-order valence-electron chi connectivity index (χ2n) is 12.3. The minimum atomic E-state index is -4.53. The molecule has 0 bridgehead atoms. The number of anilines is 1. The van der Waals surface area contributed by atoms with Crippen LogP contribution in [-0.4, -0.2) is 65.1 Å². The van der Waals surface area contributed by atoms with Crippen molar-refractivity contribution in [1.29, 1.82) is 0 Å². The molecule has 0 spiro atoms. The van der Waals surface area contributed by atoms with Gasteiger partial charge in [-0.3, -0.25) is 13.9 Å². The Morgan fingerprint density at radius 1 is 0.808 bits per heavy atom. The van der Waals surface area contributed by atoms with Gasteiger partial charge in [-0.05, 0) is 66.4 Å². The third-order valence-electron chi connectivity index (χ3n) is 8.96. The molecule has 0 heterocycles. The Kier molecular flexibility index (Phi) is 13.2. The molecule has 0 aliphatic heterocycles. The number of nitrogens with zero attached hydrogens (tertiary/aromatic N) is 2. The molecule has 0 unspecified atom stereocenters. The maximum absolute atomic E-state index is 14.9. The van der Waals surface area contributed by atoms with E-state index in [0.29, 0.717) is 16.3 Å². The third-order valence-corrected chi connectivity index (χ3v) is 11.5. The SMILES string of the molecule is COc1ccc(S(=O)(=O)N(CC(=O)N(Cc2ccc(Cl)cc2Cl)[C@H](Cc2ccccc2)C(=O)NC2CCCC2)c2cc(Cl)ccc2OC)cc1OC. The molecule has 1 saturated carbocycles. The van der Waals surface area contributed by atoms with Crippen LogP contribution in [0, 0.1) is 0 Å². The highest BCUT2D eigenvalue weighted by Gasteiger charge is 2.37. The molecule has 0 saturated heterocycles. The average Bonchev–Trinajstić information content (AvgIpc) is 3.65. The minimum absolute atomic E-state index is 0.0117. The van der Waals surface area contributed by atoms with Crippen molar-refractivity contribution in [3.05, 3.63) is 111 Å². The van der Waals surface area contributed by atoms with Crippen LogP contribution in [0.3, 0.4) is 0 Å². The van der Waals surface area contributed by atoms with Crippen molar-refractivity contribution in [1.82, 2.24) is 10.2 Å². The van der Waals surface area contributed by atoms with E-state index in [1.54, 1.807) is 24.3 Å². The molecule has 1 N–H and O–H groups in total. The summed E-state index contributed by atoms with van der Waals surface area (Å²) in [6.07, 6.45) is 3.78. The third kappa shape index (κ3) is 9.25. The summed E-state index contributed by atoms with van der Waals surface area (Å²) in [6.45, 7) is -0.859. The van der Waals surface area contributed by atoms with Crippen LogP contribution in [0.2, 0.25) is 15.1 Å². The lowest BCUT2D eigenvalue weighted by molar-refractivity contribution is -0.140. The fraction of sp³-hybridized carbons (Fsp3) is 0.316. The number of hydrogen-bond donors (Lipinski definition) is 1. The summed E-state index contributed by atoms with van der Waals surface area (Å²) >= 11 is 19.3. The van der Waals surface area contributed by atoms with Crippen LogP contribution < -0.4 is 23.8 Å². The van der Waals surface area contributed by atoms with Crippen molar-refractivity contribution >= 4 is 62.3 Å². The van der Waals surface area contributed by atoms with Gasteiger partial charge in [-0.1, -0.05) is 84.0 Å². The second kappa shape index (κ2) is 17.6. The first-order valence-corrected chi connectivity index (χ1v) is 19.2. The van der Waals surface area contributed by atoms with Crippen LogP contribution in [0.1, 0.15) is 36.8 Å². The van der Waals surface area contributed by atoms with E-state index in [9.17, 15) is 18.0 Å². The van der Waals surface area contributed by atoms with Crippen molar-refractivity contribution in [2.45, 2.75) is 55.6 Å². The molecule has 0 radical (unpaired) electrons. The number of carbonyl (C=O) groups is 2. The van der Waals surface area contributed by atoms with Crippen molar-refractivity contribution in [2.75, 3.05) is 32.2 Å². The molecule has 4 aromatic carbocycles. The Labute approximate surface area is 319 Å². The van der Waals surface area contributed by atoms with Gasteiger partial charge >= 0.3 is 0 Å². The molecule has 276 valence electrons. The summed E-state index contributed by atoms with van der Waals surface area (Å²) < 4.78 is 46.5. The molecular weight excluding hydrogens is 749 g/mol. The number of benzene rings is 4. The van der Waals surface area contributed by atoms with Crippen LogP contribution in [0.5, 0.6) is 17.2 Å². The summed E-state index contributed by atoms with van der Waals surface area (Å²) in [5, 5.41) is 4.04. The van der Waals surface area contributed by atoms with Gasteiger partial charge in [0.05, 0.1) is 31.9 Å². The number of carbonyl (C=O) groups excluding carboxylic acids is 2. The first-order chi connectivity index (χ1) is 24.9. The zero-order chi connectivity index (χ0) is 37.4. The van der Waals surface area contributed by atoms with E-state index in [0.717, 1.165) is 35.6 Å². The number of hydrogen-bond acceptors (Lipinski definition) is 7. The van der Waals surface area contributed by atoms with E-state index < -0.39 is 28.5 Å². The Hall–Kier alpha value is -4.16. The Morgan fingerprint density at radius 3 is 2.10 bits per heavy atom. The molecule has 2 amide bonds. The molecule has 1 atom stereocenters. The van der Waals surface area contributed by atoms with Crippen molar-refractivity contribution in [2.24, 2.45) is 0 Å². The fourth-order valence-corrected chi connectivity index (χ4v) is 8.30. The van der Waals surface area contributed by atoms with Crippen LogP contribution in [0.4, 0.5) is 5.69 Å². The number of amides is 2. The minimum Gasteiger partial charge on any atom is -0.495 e. The van der Waals surface area contributed by atoms with Gasteiger partial charge < -0.3 is 24.4 Å². The molecule has 0 aromatic heterocycles. The molecule has 14 heteroatoms. The normalized spacial score (nSPS) is 13.7. The zero-order valence-electron chi connectivity index (χ0n) is 29.0. The smallest absolute Gasteiger partial charge is 0.265 e. The lowest BCUT2D eigenvalue weighted by Gasteiger charge is -2.35. The van der Waals surface area contributed by atoms with Gasteiger partial charge in [0.25, 0.3) is 10.0 Å². The highest BCUT2D eigenvalue weighted by atomic mass is 35.5. The maximum atomic E-state index is 14.9. The predicted octanol–water partition coefficient (Wildman–Crippen LogP) is 7.57. The molecule has 4 aromatic rings. The maximum Gasteiger partial charge on any atom is 0.265 e. The monoisotopic (exact) mass is 787 g/mol. The first-order valence-electron chi connectivity index (χ1n) is 16.6. The molecule has 1 aliphatic rings. The van der Waals surface area contributed by atoms with E-state index in [4.69, 9.17) is 49.0 Å². The highest BCUT2D eigenvalue weighted by molar-refractivity contribution is 7.92. The van der Waals surface area contributed by atoms with Crippen LogP contribution in [0.15, 0.2) is 89.8 Å². The van der Waals surface area contributed by atoms with Gasteiger partial charge in [0.2, 0.25) is 11.8 Å². The summed E-state index contributed by atoms with van der Waals surface area (Å²) in [5.74, 6) is -0.414. The molecule has 1 fully saturated rings. The molecule has 10 nitrogen and oxygen atoms in total. The zero-order valence-corrected chi connectivity index (χ0v) is 32.1. The summed E-state index contributed by atoms with van der Waals surface area (Å²) in [5.41, 5.74) is 1.33. The topological polar surface area (TPSA) is 114 Å². The van der Waals surface area contributed by atoms with Gasteiger partial charge in [-0.2, -0.15) is 0 Å². The van der Waals surface area contributed by atoms with E-state index in [1.165, 1.54) is 56.6 Å². The summed E-state index contributed by atoms with van der Waals surface area (Å²) in [7, 11) is -0.327. The number of nitrogens with one attached hydrogen (secondary N) is 1. The first kappa shape index (κ1) is 39.1. The number of methoxy groups -OCH3 is 3. The van der Waals surface area contributed by atoms with E-state index in [-0.39, 0.29) is 57.0 Å². The van der Waals surface area contributed by atoms with Crippen molar-refractivity contribution in [3.8, 4) is 17.2 Å². The number of rotatable bonds is 15. The van der Waals surface area contributed by atoms with Gasteiger partial charge in [0.1, 0.15) is 18.3 Å². The predicted molar refractivity (Wildman–Crippen MR) is 203 cm³/mol. The number of halogens is 3. The fourth-order valence-electron chi connectivity index (χ4n) is 6.23. The van der Waals surface area contributed by atoms with Crippen LogP contribution in [0.25, 0.3) is 0 Å². The van der Waals surface area contributed by atoms with Crippen molar-refractivity contribution < 1.29 is 32.2 Å². The molecular formula is C38H40Cl3N3O7S. The van der Waals surface area contributed by atoms with Crippen molar-refractivity contribution in [3.63, 3.8) is 0 Å². The Morgan fingerprint density at radius 2 is 1.44 bits per heavy atom. The van der Waals surface area contributed by atoms with Crippen LogP contribution in [-0.2, 0) is 32.6 Å². The van der Waals surface area contributed by atoms with Crippen LogP contribution >= 0.6 is 34.8 Å². The summed E-state index contributed by atoms with van der Waals surface area (Å²) in [4.78, 5) is 30.4. The van der Waals surface area contributed by atoms with Gasteiger partial charge in [0.15, 0.2) is 11.5 Å². The lowest BCUT2D eigenvalue weighted by atomic mass is 10.0. The summed E-state index contributed by atoms with van der Waals surface area (Å²) in [6, 6.07) is 21.7. The largest absolute Gasteiger partial charge is 0.495 e. The highest BCUT2D eigenvalue weighted by Crippen LogP contribution is 2.37. The van der Waals surface area contributed by atoms with Gasteiger partial charge in [0, 0.05) is 40.1 Å². The molecule has 52 heavy (non-hydrogen) atoms. The van der Waals surface area contributed by atoms with Gasteiger partial charge in [-0.25, -0.2) is 8.42 Å². The Bertz CT molecular complexity index is 1990. The Balaban J connectivity index is 1.64. The average molecular weight is 789 g/mol. The number of ether oxygens (including phenoxy) is 3. The quantitative estimate of drug-likeness (QED) is 0.132. The molecule has 5 rings (SSSR count). The standard InChI is InChI=1S/C38H40Cl3N3O7S/c1-49-34-17-15-28(40)21-32(34)44(52(47,48)30-16-18-35(50-2)36(22-30)51-3)24-37(45)43(23-26-13-14-27(39)20-31(26)41)33(19-25-9-5-4-6-10-25)38(46)42-29-11-7-8-12-29/h4-6,9-10,13-18,20-22,29,33H,7-8,11-12,19,23-24H2,1-3H3,(H,42,46)/t33-/m1/s1. The molecule has 1 aliphatic carbocycles. The van der Waals surface area contributed by atoms with E-state index in [1.807, 2.05) is 30.3 Å². The van der Waals surface area contributed by atoms with Gasteiger partial charge in [-0.15, -0.1) is 0 Å². The second-order valence-corrected chi connectivity index (χ2v) is 15.4. The van der Waals surface area contributed by atoms with E-state index >= 15 is 0 Å². The lowest BCUT2D eigenvalue weighted by Crippen LogP contribution is -2.54. The van der Waals surface area contributed by atoms with E-state index in [2.05, 4.69) is 5.32 Å².